The molecule has 0 aliphatic carbocycles. The lowest BCUT2D eigenvalue weighted by molar-refractivity contribution is -0.157. The lowest BCUT2D eigenvalue weighted by Crippen LogP contribution is -2.64. The van der Waals surface area contributed by atoms with Crippen LogP contribution < -0.4 is 33.7 Å². The Kier molecular flexibility index (Phi) is 12.0. The minimum Gasteiger partial charge on any atom is -0.649 e. The molecule has 3 aromatic carbocycles. The molecule has 2 fully saturated rings. The van der Waals surface area contributed by atoms with Gasteiger partial charge in [-0.25, -0.2) is 4.79 Å². The third kappa shape index (κ3) is 7.58. The summed E-state index contributed by atoms with van der Waals surface area (Å²) >= 11 is 1.38. The molecule has 8 atom stereocenters. The predicted octanol–water partition coefficient (Wildman–Crippen LogP) is 6.70. The number of hydrogen-bond donors (Lipinski definition) is 2. The van der Waals surface area contributed by atoms with Crippen molar-refractivity contribution in [1.29, 1.82) is 5.26 Å². The van der Waals surface area contributed by atoms with Crippen molar-refractivity contribution < 1.29 is 62.2 Å². The van der Waals surface area contributed by atoms with Gasteiger partial charge in [-0.1, -0.05) is 25.1 Å². The first-order chi connectivity index (χ1) is 32.0. The average molecular weight is 940 g/mol. The summed E-state index contributed by atoms with van der Waals surface area (Å²) in [6, 6.07) is 3.49. The molecule has 7 heterocycles. The molecular formula is C49H55N4O13S-. The molecule has 0 amide bonds. The van der Waals surface area contributed by atoms with Gasteiger partial charge in [0.25, 0.3) is 0 Å². The van der Waals surface area contributed by atoms with Gasteiger partial charge < -0.3 is 48.3 Å². The van der Waals surface area contributed by atoms with Crippen LogP contribution in [0.2, 0.25) is 0 Å². The monoisotopic (exact) mass is 939 g/mol. The number of aromatic hydroxyl groups is 1. The van der Waals surface area contributed by atoms with E-state index in [1.54, 1.807) is 39.8 Å². The van der Waals surface area contributed by atoms with Crippen LogP contribution in [0.3, 0.4) is 0 Å². The highest BCUT2D eigenvalue weighted by Crippen LogP contribution is 2.67. The summed E-state index contributed by atoms with van der Waals surface area (Å²) < 4.78 is 48.3. The van der Waals surface area contributed by atoms with Gasteiger partial charge in [-0.05, 0) is 93.3 Å². The molecular weight excluding hydrogens is 885 g/mol. The van der Waals surface area contributed by atoms with Gasteiger partial charge in [0, 0.05) is 53.6 Å². The highest BCUT2D eigenvalue weighted by Gasteiger charge is 2.58. The number of rotatable bonds is 8. The third-order valence-electron chi connectivity index (χ3n) is 13.6. The number of carbonyl (C=O) groups excluding carboxylic acids is 4. The highest BCUT2D eigenvalue weighted by atomic mass is 32.2. The van der Waals surface area contributed by atoms with Crippen molar-refractivity contribution in [2.75, 3.05) is 39.9 Å². The Morgan fingerprint density at radius 3 is 2.46 bits per heavy atom. The number of aryl methyl sites for hydroxylation is 1. The van der Waals surface area contributed by atoms with Crippen molar-refractivity contribution in [3.63, 3.8) is 0 Å². The number of nitrogens with one attached hydrogen (secondary N) is 1. The molecule has 10 rings (SSSR count). The van der Waals surface area contributed by atoms with Crippen LogP contribution in [0, 0.1) is 25.2 Å². The predicted molar refractivity (Wildman–Crippen MR) is 242 cm³/mol. The van der Waals surface area contributed by atoms with Gasteiger partial charge in [-0.2, -0.15) is 5.26 Å². The fourth-order valence-corrected chi connectivity index (χ4v) is 12.7. The van der Waals surface area contributed by atoms with Gasteiger partial charge in [-0.3, -0.25) is 24.6 Å². The Morgan fingerprint density at radius 2 is 1.78 bits per heavy atom. The van der Waals surface area contributed by atoms with Crippen LogP contribution in [0.4, 0.5) is 0 Å². The maximum absolute atomic E-state index is 15.2. The Labute approximate surface area is 393 Å². The lowest BCUT2D eigenvalue weighted by atomic mass is 9.68. The number of hydrogen-bond acceptors (Lipinski definition) is 17. The van der Waals surface area contributed by atoms with Gasteiger partial charge in [0.2, 0.25) is 6.79 Å². The molecule has 2 saturated heterocycles. The second-order valence-electron chi connectivity index (χ2n) is 18.8. The number of nitriles is 1. The normalized spacial score (nSPS) is 26.7. The van der Waals surface area contributed by atoms with Crippen molar-refractivity contribution in [1.82, 2.24) is 10.2 Å². The zero-order valence-corrected chi connectivity index (χ0v) is 39.8. The second kappa shape index (κ2) is 17.4. The number of methoxy groups -OCH3 is 2. The first kappa shape index (κ1) is 46.4. The fourth-order valence-electron chi connectivity index (χ4n) is 11.0. The topological polar surface area (TPSA) is 216 Å². The number of piperazine rings is 1. The van der Waals surface area contributed by atoms with E-state index in [-0.39, 0.29) is 60.7 Å². The molecule has 1 spiro atoms. The van der Waals surface area contributed by atoms with Crippen LogP contribution in [0.15, 0.2) is 18.2 Å². The van der Waals surface area contributed by atoms with E-state index in [4.69, 9.17) is 43.2 Å². The van der Waals surface area contributed by atoms with Gasteiger partial charge in [-0.15, -0.1) is 11.8 Å². The van der Waals surface area contributed by atoms with Gasteiger partial charge in [0.05, 0.1) is 38.8 Å². The van der Waals surface area contributed by atoms with Crippen LogP contribution >= 0.6 is 11.8 Å². The number of fused-ring (bicyclic) bond motifs is 9. The quantitative estimate of drug-likeness (QED) is 0.177. The zero-order valence-electron chi connectivity index (χ0n) is 39.0. The number of nitrogens with zero attached hydrogens (tertiary/aromatic N) is 3. The number of esters is 4. The van der Waals surface area contributed by atoms with Crippen molar-refractivity contribution in [2.45, 2.75) is 127 Å². The lowest BCUT2D eigenvalue weighted by Gasteiger charge is -2.67. The maximum atomic E-state index is 15.2. The first-order valence-corrected chi connectivity index (χ1v) is 23.6. The minimum atomic E-state index is -1.48. The number of ether oxygens (including phenoxy) is 8. The SMILES string of the molecule is CCCC(=O)Oc1cc2c(cc1OC)[C@@]1(CS[C@@H]3c4c(OC(C)=O)c(C)c5c(c4[C@H](COC1=O)N1C3[C@@H]3[N-][C@@H](C(CC(=O)OC(C)(C)C)c4cc(C)c(OC)c(O)c43)[C@@H]1C#N)OCO5)NCC2. The average Bonchev–Trinajstić information content (AvgIpc) is 3.77. The molecule has 0 aromatic heterocycles. The molecule has 67 heavy (non-hydrogen) atoms. The van der Waals surface area contributed by atoms with E-state index in [1.165, 1.54) is 32.9 Å². The van der Waals surface area contributed by atoms with Crippen molar-refractivity contribution >= 4 is 35.6 Å². The summed E-state index contributed by atoms with van der Waals surface area (Å²) in [5.41, 5.74) is 2.36. The maximum Gasteiger partial charge on any atom is 0.331 e. The molecule has 18 heteroatoms. The molecule has 356 valence electrons. The van der Waals surface area contributed by atoms with E-state index in [1.807, 2.05) is 24.8 Å². The first-order valence-electron chi connectivity index (χ1n) is 22.6. The standard InChI is InChI=1S/C49H55N4O13S/c1-10-11-33(55)65-32-15-25-12-13-51-49(28(25)17-31(32)59-8)20-67-46-37-36(45-44(62-21-63-45)23(3)43(37)64-24(4)54)30(19-61-47(49)58)53-29(18-50)38-27(16-34(56)66-48(5,6)7)26-14-22(2)42(60-9)41(57)35(26)39(52-38)40(46)53/h14-15,17,27,29-30,38-40,46,51,57H,10-13,16,19-21H2,1-9H3/q-1/t27?,29-,30-,38-,39+,40?,46+,49+/m0/s1. The molecule has 2 unspecified atom stereocenters. The Bertz CT molecular complexity index is 2620. The van der Waals surface area contributed by atoms with E-state index in [9.17, 15) is 24.8 Å². The summed E-state index contributed by atoms with van der Waals surface area (Å²) in [5.74, 6) is -1.22. The van der Waals surface area contributed by atoms with Crippen molar-refractivity contribution in [3.05, 3.63) is 68.0 Å². The number of benzene rings is 3. The Balaban J connectivity index is 1.28. The fraction of sp³-hybridized carbons (Fsp3) is 0.531. The number of phenols is 1. The summed E-state index contributed by atoms with van der Waals surface area (Å²) in [7, 11) is 2.94. The molecule has 2 N–H and O–H groups in total. The van der Waals surface area contributed by atoms with Crippen LogP contribution in [-0.4, -0.2) is 97.5 Å². The van der Waals surface area contributed by atoms with Crippen molar-refractivity contribution in [3.8, 4) is 46.3 Å². The summed E-state index contributed by atoms with van der Waals surface area (Å²) in [5, 5.41) is 32.1. The molecule has 4 bridgehead atoms. The van der Waals surface area contributed by atoms with Crippen LogP contribution in [0.25, 0.3) is 5.32 Å². The van der Waals surface area contributed by atoms with Crippen molar-refractivity contribution in [2.24, 2.45) is 0 Å². The molecule has 0 radical (unpaired) electrons. The zero-order chi connectivity index (χ0) is 47.9. The number of phenolic OH excluding ortho intramolecular Hbond substituents is 1. The van der Waals surface area contributed by atoms with Gasteiger partial charge >= 0.3 is 23.9 Å². The van der Waals surface area contributed by atoms with Crippen LogP contribution in [-0.2, 0) is 40.6 Å². The van der Waals surface area contributed by atoms with E-state index in [0.29, 0.717) is 69.8 Å². The van der Waals surface area contributed by atoms with Crippen LogP contribution in [0.5, 0.6) is 40.2 Å². The third-order valence-corrected chi connectivity index (χ3v) is 15.0. The number of thioether (sulfide) groups is 1. The number of carbonyl (C=O) groups is 4. The summed E-state index contributed by atoms with van der Waals surface area (Å²) in [6.45, 7) is 12.1. The van der Waals surface area contributed by atoms with Crippen LogP contribution in [0.1, 0.15) is 122 Å². The molecule has 7 aliphatic rings. The summed E-state index contributed by atoms with van der Waals surface area (Å²) in [6.07, 6.45) is 1.16. The molecule has 0 saturated carbocycles. The Hall–Kier alpha value is -5.74. The molecule has 3 aromatic rings. The van der Waals surface area contributed by atoms with E-state index in [2.05, 4.69) is 11.4 Å². The minimum absolute atomic E-state index is 0.0355. The van der Waals surface area contributed by atoms with E-state index < -0.39 is 76.4 Å². The smallest absolute Gasteiger partial charge is 0.331 e. The second-order valence-corrected chi connectivity index (χ2v) is 20.0. The van der Waals surface area contributed by atoms with Gasteiger partial charge in [0.15, 0.2) is 40.0 Å². The van der Waals surface area contributed by atoms with E-state index >= 15 is 4.79 Å². The molecule has 17 nitrogen and oxygen atoms in total. The van der Waals surface area contributed by atoms with E-state index in [0.717, 1.165) is 5.56 Å². The Morgan fingerprint density at radius 1 is 1.01 bits per heavy atom. The molecule has 7 aliphatic heterocycles. The van der Waals surface area contributed by atoms with Gasteiger partial charge in [0.1, 0.15) is 18.0 Å². The highest BCUT2D eigenvalue weighted by molar-refractivity contribution is 7.99. The largest absolute Gasteiger partial charge is 0.649 e. The summed E-state index contributed by atoms with van der Waals surface area (Å²) in [4.78, 5) is 56.8.